The Kier molecular flexibility index (Phi) is 5.08. The third-order valence-corrected chi connectivity index (χ3v) is 4.61. The Labute approximate surface area is 148 Å². The second-order valence-corrected chi connectivity index (χ2v) is 6.98. The minimum Gasteiger partial charge on any atom is -0.384 e. The van der Waals surface area contributed by atoms with Crippen molar-refractivity contribution >= 4 is 11.7 Å². The maximum Gasteiger partial charge on any atom is 0.244 e. The lowest BCUT2D eigenvalue weighted by molar-refractivity contribution is -0.150. The molecule has 0 saturated carbocycles. The van der Waals surface area contributed by atoms with Gasteiger partial charge in [0.25, 0.3) is 0 Å². The van der Waals surface area contributed by atoms with E-state index in [1.807, 2.05) is 42.2 Å². The number of anilines is 1. The largest absolute Gasteiger partial charge is 0.384 e. The molecule has 3 rings (SSSR count). The van der Waals surface area contributed by atoms with Crippen LogP contribution in [0.5, 0.6) is 0 Å². The lowest BCUT2D eigenvalue weighted by Gasteiger charge is -2.40. The molecule has 0 unspecified atom stereocenters. The molecule has 1 amide bonds. The molecule has 1 fully saturated rings. The van der Waals surface area contributed by atoms with Crippen molar-refractivity contribution in [2.24, 2.45) is 5.92 Å². The highest BCUT2D eigenvalue weighted by Crippen LogP contribution is 2.28. The van der Waals surface area contributed by atoms with E-state index in [-0.39, 0.29) is 24.7 Å². The van der Waals surface area contributed by atoms with Gasteiger partial charge in [-0.05, 0) is 18.4 Å². The summed E-state index contributed by atoms with van der Waals surface area (Å²) in [6.07, 6.45) is -0.0948. The molecule has 0 aliphatic carbocycles. The monoisotopic (exact) mass is 342 g/mol. The fourth-order valence-corrected chi connectivity index (χ4v) is 3.13. The van der Waals surface area contributed by atoms with Gasteiger partial charge in [0.05, 0.1) is 18.3 Å². The zero-order valence-corrected chi connectivity index (χ0v) is 15.1. The summed E-state index contributed by atoms with van der Waals surface area (Å²) in [5.41, 5.74) is 7.83. The molecule has 2 N–H and O–H groups in total. The van der Waals surface area contributed by atoms with Crippen LogP contribution in [0, 0.1) is 12.8 Å². The molecule has 2 aromatic rings. The number of amides is 1. The summed E-state index contributed by atoms with van der Waals surface area (Å²) < 4.78 is 7.82. The van der Waals surface area contributed by atoms with E-state index in [9.17, 15) is 4.79 Å². The van der Waals surface area contributed by atoms with Gasteiger partial charge >= 0.3 is 0 Å². The van der Waals surface area contributed by atoms with Gasteiger partial charge in [-0.1, -0.05) is 44.2 Å². The summed E-state index contributed by atoms with van der Waals surface area (Å²) in [5, 5.41) is 4.29. The van der Waals surface area contributed by atoms with Gasteiger partial charge in [0.1, 0.15) is 18.5 Å². The van der Waals surface area contributed by atoms with E-state index in [0.717, 1.165) is 11.3 Å². The van der Waals surface area contributed by atoms with Gasteiger partial charge in [-0.15, -0.1) is 0 Å². The lowest BCUT2D eigenvalue weighted by atomic mass is 10.0. The number of aryl methyl sites for hydroxylation is 1. The first-order valence-electron chi connectivity index (χ1n) is 8.72. The molecule has 6 heteroatoms. The Bertz CT molecular complexity index is 726. The normalized spacial score (nSPS) is 20.9. The van der Waals surface area contributed by atoms with Crippen molar-refractivity contribution in [1.29, 1.82) is 0 Å². The number of nitrogens with zero attached hydrogens (tertiary/aromatic N) is 3. The fourth-order valence-electron chi connectivity index (χ4n) is 3.13. The van der Waals surface area contributed by atoms with Crippen LogP contribution in [0.1, 0.15) is 31.2 Å². The smallest absolute Gasteiger partial charge is 0.244 e. The van der Waals surface area contributed by atoms with Crippen molar-refractivity contribution in [3.8, 4) is 0 Å². The molecule has 1 aliphatic rings. The summed E-state index contributed by atoms with van der Waals surface area (Å²) in [4.78, 5) is 14.7. The van der Waals surface area contributed by atoms with Crippen LogP contribution in [0.2, 0.25) is 0 Å². The molecule has 134 valence electrons. The van der Waals surface area contributed by atoms with Crippen molar-refractivity contribution < 1.29 is 9.53 Å². The number of carbonyl (C=O) groups excluding carboxylic acids is 1. The van der Waals surface area contributed by atoms with Crippen molar-refractivity contribution in [2.75, 3.05) is 18.8 Å². The molecular formula is C19H26N4O2. The van der Waals surface area contributed by atoms with Crippen LogP contribution in [0.3, 0.4) is 0 Å². The number of hydrogen-bond acceptors (Lipinski definition) is 4. The Balaban J connectivity index is 1.76. The summed E-state index contributed by atoms with van der Waals surface area (Å²) in [6.45, 7) is 7.41. The molecule has 1 aromatic heterocycles. The van der Waals surface area contributed by atoms with Crippen LogP contribution in [0.15, 0.2) is 36.4 Å². The van der Waals surface area contributed by atoms with E-state index >= 15 is 0 Å². The average molecular weight is 342 g/mol. The molecule has 1 aliphatic heterocycles. The van der Waals surface area contributed by atoms with Gasteiger partial charge in [-0.2, -0.15) is 5.10 Å². The van der Waals surface area contributed by atoms with Crippen molar-refractivity contribution in [1.82, 2.24) is 14.7 Å². The number of benzene rings is 1. The Morgan fingerprint density at radius 2 is 2.04 bits per heavy atom. The van der Waals surface area contributed by atoms with Crippen LogP contribution in [-0.4, -0.2) is 39.8 Å². The third kappa shape index (κ3) is 4.02. The molecule has 2 heterocycles. The molecule has 1 saturated heterocycles. The van der Waals surface area contributed by atoms with Crippen LogP contribution in [0.25, 0.3) is 0 Å². The van der Waals surface area contributed by atoms with Gasteiger partial charge in [0.15, 0.2) is 0 Å². The summed E-state index contributed by atoms with van der Waals surface area (Å²) in [6, 6.07) is 11.8. The first-order valence-corrected chi connectivity index (χ1v) is 8.72. The SMILES string of the molecule is Cc1cc(N)n(CC(=O)N2C[C@@H](c3ccccc3)O[C@@H](C(C)C)C2)n1. The quantitative estimate of drug-likeness (QED) is 0.926. The summed E-state index contributed by atoms with van der Waals surface area (Å²) >= 11 is 0. The minimum atomic E-state index is -0.108. The minimum absolute atomic E-state index is 0.0135. The van der Waals surface area contributed by atoms with E-state index in [1.54, 1.807) is 10.7 Å². The van der Waals surface area contributed by atoms with Crippen molar-refractivity contribution in [3.63, 3.8) is 0 Å². The van der Waals surface area contributed by atoms with E-state index < -0.39 is 0 Å². The topological polar surface area (TPSA) is 73.4 Å². The Hall–Kier alpha value is -2.34. The first kappa shape index (κ1) is 17.5. The molecule has 0 bridgehead atoms. The number of rotatable bonds is 4. The van der Waals surface area contributed by atoms with Gasteiger partial charge < -0.3 is 15.4 Å². The van der Waals surface area contributed by atoms with Gasteiger partial charge in [-0.25, -0.2) is 4.68 Å². The highest BCUT2D eigenvalue weighted by molar-refractivity contribution is 5.76. The maximum absolute atomic E-state index is 12.8. The third-order valence-electron chi connectivity index (χ3n) is 4.61. The van der Waals surface area contributed by atoms with Crippen molar-refractivity contribution in [2.45, 2.75) is 39.5 Å². The highest BCUT2D eigenvalue weighted by atomic mass is 16.5. The molecule has 6 nitrogen and oxygen atoms in total. The second kappa shape index (κ2) is 7.27. The Morgan fingerprint density at radius 1 is 1.32 bits per heavy atom. The molecule has 0 radical (unpaired) electrons. The number of morpholine rings is 1. The first-order chi connectivity index (χ1) is 11.9. The number of nitrogen functional groups attached to an aromatic ring is 1. The number of nitrogens with two attached hydrogens (primary N) is 1. The number of hydrogen-bond donors (Lipinski definition) is 1. The second-order valence-electron chi connectivity index (χ2n) is 6.98. The maximum atomic E-state index is 12.8. The predicted octanol–water partition coefficient (Wildman–Crippen LogP) is 2.40. The van der Waals surface area contributed by atoms with Crippen LogP contribution in [0.4, 0.5) is 5.82 Å². The summed E-state index contributed by atoms with van der Waals surface area (Å²) in [5.74, 6) is 0.864. The van der Waals surface area contributed by atoms with Crippen LogP contribution in [-0.2, 0) is 16.1 Å². The fraction of sp³-hybridized carbons (Fsp3) is 0.474. The predicted molar refractivity (Wildman–Crippen MR) is 96.9 cm³/mol. The Morgan fingerprint density at radius 3 is 2.64 bits per heavy atom. The van der Waals surface area contributed by atoms with E-state index in [4.69, 9.17) is 10.5 Å². The molecule has 2 atom stereocenters. The summed E-state index contributed by atoms with van der Waals surface area (Å²) in [7, 11) is 0. The molecule has 25 heavy (non-hydrogen) atoms. The zero-order valence-electron chi connectivity index (χ0n) is 15.1. The van der Waals surface area contributed by atoms with Gasteiger partial charge in [-0.3, -0.25) is 4.79 Å². The van der Waals surface area contributed by atoms with E-state index in [0.29, 0.717) is 24.8 Å². The van der Waals surface area contributed by atoms with E-state index in [2.05, 4.69) is 18.9 Å². The lowest BCUT2D eigenvalue weighted by Crippen LogP contribution is -2.49. The van der Waals surface area contributed by atoms with Crippen LogP contribution < -0.4 is 5.73 Å². The van der Waals surface area contributed by atoms with Gasteiger partial charge in [0, 0.05) is 12.6 Å². The van der Waals surface area contributed by atoms with E-state index in [1.165, 1.54) is 0 Å². The van der Waals surface area contributed by atoms with Crippen molar-refractivity contribution in [3.05, 3.63) is 47.7 Å². The van der Waals surface area contributed by atoms with Crippen LogP contribution >= 0.6 is 0 Å². The zero-order chi connectivity index (χ0) is 18.0. The number of carbonyl (C=O) groups is 1. The molecular weight excluding hydrogens is 316 g/mol. The standard InChI is InChI=1S/C19H26N4O2/c1-13(2)16-10-22(11-17(25-16)15-7-5-4-6-8-15)19(24)12-23-18(20)9-14(3)21-23/h4-9,13,16-17H,10-12,20H2,1-3H3/t16-,17+/m1/s1. The number of aromatic nitrogens is 2. The van der Waals surface area contributed by atoms with Gasteiger partial charge in [0.2, 0.25) is 5.91 Å². The molecule has 0 spiro atoms. The highest BCUT2D eigenvalue weighted by Gasteiger charge is 2.33. The number of ether oxygens (including phenoxy) is 1. The molecule has 1 aromatic carbocycles. The average Bonchev–Trinajstić information content (AvgIpc) is 2.92.